The summed E-state index contributed by atoms with van der Waals surface area (Å²) in [6, 6.07) is 6.36. The van der Waals surface area contributed by atoms with Crippen molar-refractivity contribution in [3.05, 3.63) is 29.3 Å². The lowest BCUT2D eigenvalue weighted by molar-refractivity contribution is 0.286. The van der Waals surface area contributed by atoms with Gasteiger partial charge in [-0.2, -0.15) is 0 Å². The Morgan fingerprint density at radius 2 is 2.00 bits per heavy atom. The van der Waals surface area contributed by atoms with E-state index in [1.807, 2.05) is 13.8 Å². The lowest BCUT2D eigenvalue weighted by atomic mass is 10.0. The van der Waals surface area contributed by atoms with Crippen LogP contribution in [0.1, 0.15) is 31.4 Å². The van der Waals surface area contributed by atoms with Crippen LogP contribution in [-0.4, -0.2) is 6.61 Å². The average molecular weight is 178 g/mol. The summed E-state index contributed by atoms with van der Waals surface area (Å²) in [7, 11) is 0. The minimum atomic E-state index is 0.887. The second kappa shape index (κ2) is 4.90. The quantitative estimate of drug-likeness (QED) is 0.592. The molecule has 2 rings (SSSR count). The summed E-state index contributed by atoms with van der Waals surface area (Å²) < 4.78 is 5.55. The van der Waals surface area contributed by atoms with Gasteiger partial charge in [0.15, 0.2) is 0 Å². The summed E-state index contributed by atoms with van der Waals surface area (Å²) in [6.45, 7) is 6.99. The van der Waals surface area contributed by atoms with Gasteiger partial charge in [-0.05, 0) is 30.9 Å². The van der Waals surface area contributed by atoms with Gasteiger partial charge in [0, 0.05) is 0 Å². The van der Waals surface area contributed by atoms with E-state index in [-0.39, 0.29) is 0 Å². The van der Waals surface area contributed by atoms with E-state index >= 15 is 0 Å². The van der Waals surface area contributed by atoms with Gasteiger partial charge in [-0.3, -0.25) is 0 Å². The first-order chi connectivity index (χ1) is 6.38. The van der Waals surface area contributed by atoms with Crippen LogP contribution in [0.4, 0.5) is 0 Å². The number of rotatable bonds is 0. The van der Waals surface area contributed by atoms with Gasteiger partial charge in [0.05, 0.1) is 6.61 Å². The summed E-state index contributed by atoms with van der Waals surface area (Å²) >= 11 is 0. The molecular formula is C12H18O. The lowest BCUT2D eigenvalue weighted by Gasteiger charge is -2.18. The van der Waals surface area contributed by atoms with Gasteiger partial charge in [0.1, 0.15) is 5.75 Å². The van der Waals surface area contributed by atoms with Crippen LogP contribution >= 0.6 is 0 Å². The van der Waals surface area contributed by atoms with E-state index in [0.29, 0.717) is 0 Å². The molecule has 0 atom stereocenters. The summed E-state index contributed by atoms with van der Waals surface area (Å²) in [4.78, 5) is 0. The highest BCUT2D eigenvalue weighted by atomic mass is 16.5. The summed E-state index contributed by atoms with van der Waals surface area (Å²) in [5.74, 6) is 1.12. The molecule has 0 bridgehead atoms. The topological polar surface area (TPSA) is 9.23 Å². The third-order valence-corrected chi connectivity index (χ3v) is 2.13. The molecule has 0 amide bonds. The van der Waals surface area contributed by atoms with E-state index in [4.69, 9.17) is 4.74 Å². The van der Waals surface area contributed by atoms with Crippen molar-refractivity contribution in [2.24, 2.45) is 0 Å². The van der Waals surface area contributed by atoms with Crippen LogP contribution in [0.5, 0.6) is 5.75 Å². The monoisotopic (exact) mass is 178 g/mol. The van der Waals surface area contributed by atoms with E-state index in [1.165, 1.54) is 17.5 Å². The van der Waals surface area contributed by atoms with Crippen molar-refractivity contribution in [1.82, 2.24) is 0 Å². The third kappa shape index (κ3) is 2.24. The van der Waals surface area contributed by atoms with Crippen molar-refractivity contribution in [3.63, 3.8) is 0 Å². The molecule has 0 saturated carbocycles. The second-order valence-electron chi connectivity index (χ2n) is 3.02. The molecule has 1 nitrogen and oxygen atoms in total. The van der Waals surface area contributed by atoms with Gasteiger partial charge in [-0.15, -0.1) is 0 Å². The maximum Gasteiger partial charge on any atom is 0.125 e. The number of hydrogen-bond acceptors (Lipinski definition) is 1. The van der Waals surface area contributed by atoms with Crippen LogP contribution in [0.15, 0.2) is 18.2 Å². The normalized spacial score (nSPS) is 13.5. The highest BCUT2D eigenvalue weighted by Crippen LogP contribution is 2.27. The van der Waals surface area contributed by atoms with Crippen LogP contribution < -0.4 is 4.74 Å². The standard InChI is InChI=1S/C10H12O.C2H6/c1-8-4-2-5-9-6-3-7-11-10(8)9;1-2/h2,4-5H,3,6-7H2,1H3;1-2H3. The number of fused-ring (bicyclic) bond motifs is 1. The van der Waals surface area contributed by atoms with E-state index in [2.05, 4.69) is 25.1 Å². The van der Waals surface area contributed by atoms with Gasteiger partial charge in [-0.1, -0.05) is 32.0 Å². The zero-order valence-electron chi connectivity index (χ0n) is 8.76. The fourth-order valence-electron chi connectivity index (χ4n) is 1.55. The minimum absolute atomic E-state index is 0.887. The number of aryl methyl sites for hydroxylation is 2. The van der Waals surface area contributed by atoms with Crippen LogP contribution in [-0.2, 0) is 6.42 Å². The smallest absolute Gasteiger partial charge is 0.125 e. The van der Waals surface area contributed by atoms with Gasteiger partial charge in [0.25, 0.3) is 0 Å². The fourth-order valence-corrected chi connectivity index (χ4v) is 1.55. The van der Waals surface area contributed by atoms with Crippen LogP contribution in [0.3, 0.4) is 0 Å². The van der Waals surface area contributed by atoms with E-state index in [0.717, 1.165) is 18.8 Å². The molecule has 13 heavy (non-hydrogen) atoms. The number of benzene rings is 1. The molecule has 0 spiro atoms. The van der Waals surface area contributed by atoms with Gasteiger partial charge in [-0.25, -0.2) is 0 Å². The van der Waals surface area contributed by atoms with Gasteiger partial charge < -0.3 is 4.74 Å². The number of para-hydroxylation sites is 1. The molecule has 1 heteroatoms. The number of ether oxygens (including phenoxy) is 1. The third-order valence-electron chi connectivity index (χ3n) is 2.13. The zero-order valence-corrected chi connectivity index (χ0v) is 8.76. The first kappa shape index (κ1) is 10.1. The van der Waals surface area contributed by atoms with Crippen molar-refractivity contribution >= 4 is 0 Å². The molecule has 0 N–H and O–H groups in total. The Kier molecular flexibility index (Phi) is 3.81. The average Bonchev–Trinajstić information content (AvgIpc) is 2.22. The lowest BCUT2D eigenvalue weighted by Crippen LogP contribution is -2.09. The van der Waals surface area contributed by atoms with Crippen LogP contribution in [0, 0.1) is 6.92 Å². The van der Waals surface area contributed by atoms with E-state index in [9.17, 15) is 0 Å². The Hall–Kier alpha value is -0.980. The molecule has 0 unspecified atom stereocenters. The molecule has 1 aliphatic heterocycles. The first-order valence-corrected chi connectivity index (χ1v) is 5.09. The van der Waals surface area contributed by atoms with Crippen LogP contribution in [0.25, 0.3) is 0 Å². The molecule has 0 aliphatic carbocycles. The molecule has 1 heterocycles. The Balaban J connectivity index is 0.000000396. The predicted octanol–water partition coefficient (Wildman–Crippen LogP) is 3.35. The highest BCUT2D eigenvalue weighted by Gasteiger charge is 2.10. The van der Waals surface area contributed by atoms with E-state index < -0.39 is 0 Å². The summed E-state index contributed by atoms with van der Waals surface area (Å²) in [6.07, 6.45) is 2.34. The largest absolute Gasteiger partial charge is 0.493 e. The maximum absolute atomic E-state index is 5.55. The molecule has 0 fully saturated rings. The first-order valence-electron chi connectivity index (χ1n) is 5.09. The molecule has 0 aromatic heterocycles. The number of hydrogen-bond donors (Lipinski definition) is 0. The summed E-state index contributed by atoms with van der Waals surface area (Å²) in [5.41, 5.74) is 2.64. The molecule has 1 aromatic carbocycles. The SMILES string of the molecule is CC.Cc1cccc2c1OCCC2. The second-order valence-corrected chi connectivity index (χ2v) is 3.02. The molecule has 1 aromatic rings. The van der Waals surface area contributed by atoms with Crippen molar-refractivity contribution in [2.45, 2.75) is 33.6 Å². The van der Waals surface area contributed by atoms with Gasteiger partial charge >= 0.3 is 0 Å². The van der Waals surface area contributed by atoms with Crippen molar-refractivity contribution in [3.8, 4) is 5.75 Å². The molecular weight excluding hydrogens is 160 g/mol. The Morgan fingerprint density at radius 1 is 1.23 bits per heavy atom. The highest BCUT2D eigenvalue weighted by molar-refractivity contribution is 5.41. The molecule has 1 aliphatic rings. The molecule has 0 saturated heterocycles. The Bertz CT molecular complexity index is 266. The predicted molar refractivity (Wildman–Crippen MR) is 56.3 cm³/mol. The molecule has 0 radical (unpaired) electrons. The van der Waals surface area contributed by atoms with Crippen molar-refractivity contribution in [2.75, 3.05) is 6.61 Å². The zero-order chi connectivity index (χ0) is 9.68. The van der Waals surface area contributed by atoms with Crippen LogP contribution in [0.2, 0.25) is 0 Å². The fraction of sp³-hybridized carbons (Fsp3) is 0.500. The van der Waals surface area contributed by atoms with Crippen molar-refractivity contribution < 1.29 is 4.74 Å². The van der Waals surface area contributed by atoms with Crippen molar-refractivity contribution in [1.29, 1.82) is 0 Å². The Morgan fingerprint density at radius 3 is 2.69 bits per heavy atom. The minimum Gasteiger partial charge on any atom is -0.493 e. The van der Waals surface area contributed by atoms with Gasteiger partial charge in [0.2, 0.25) is 0 Å². The maximum atomic E-state index is 5.55. The van der Waals surface area contributed by atoms with E-state index in [1.54, 1.807) is 0 Å². The summed E-state index contributed by atoms with van der Waals surface area (Å²) in [5, 5.41) is 0. The Labute approximate surface area is 80.7 Å². The molecule has 72 valence electrons.